The average molecular weight is 305 g/mol. The lowest BCUT2D eigenvalue weighted by Crippen LogP contribution is -2.13. The molecule has 0 unspecified atom stereocenters. The number of hydrogen-bond donors (Lipinski definition) is 2. The molecule has 0 amide bonds. The molecule has 2 aromatic rings. The number of sulfonamides is 1. The molecule has 0 aliphatic heterocycles. The maximum absolute atomic E-state index is 12.3. The van der Waals surface area contributed by atoms with Gasteiger partial charge in [0.1, 0.15) is 5.82 Å². The third-order valence-electron chi connectivity index (χ3n) is 3.04. The van der Waals surface area contributed by atoms with Crippen molar-refractivity contribution in [3.8, 4) is 0 Å². The largest absolute Gasteiger partial charge is 0.373 e. The lowest BCUT2D eigenvalue weighted by atomic mass is 10.1. The standard InChI is InChI=1S/C15H19N3O2S/c1-3-4-12-5-7-13(8-6-12)18-21(19,20)14-9-10-17-15(11-14)16-2/h5-11,18H,3-4H2,1-2H3,(H,16,17). The number of aromatic nitrogens is 1. The molecular formula is C15H19N3O2S. The summed E-state index contributed by atoms with van der Waals surface area (Å²) in [6, 6.07) is 10.4. The summed E-state index contributed by atoms with van der Waals surface area (Å²) in [5.74, 6) is 0.510. The van der Waals surface area contributed by atoms with Gasteiger partial charge in [-0.1, -0.05) is 25.5 Å². The second kappa shape index (κ2) is 6.58. The van der Waals surface area contributed by atoms with Crippen LogP contribution in [0.2, 0.25) is 0 Å². The van der Waals surface area contributed by atoms with E-state index in [-0.39, 0.29) is 4.90 Å². The highest BCUT2D eigenvalue weighted by Gasteiger charge is 2.14. The van der Waals surface area contributed by atoms with Gasteiger partial charge in [-0.15, -0.1) is 0 Å². The summed E-state index contributed by atoms with van der Waals surface area (Å²) in [6.45, 7) is 2.11. The van der Waals surface area contributed by atoms with Gasteiger partial charge in [0.25, 0.3) is 10.0 Å². The number of benzene rings is 1. The second-order valence-electron chi connectivity index (χ2n) is 4.68. The molecular weight excluding hydrogens is 286 g/mol. The van der Waals surface area contributed by atoms with E-state index in [2.05, 4.69) is 21.9 Å². The van der Waals surface area contributed by atoms with Crippen LogP contribution in [0.3, 0.4) is 0 Å². The highest BCUT2D eigenvalue weighted by Crippen LogP contribution is 2.18. The first-order chi connectivity index (χ1) is 10.0. The van der Waals surface area contributed by atoms with Crippen molar-refractivity contribution in [2.75, 3.05) is 17.1 Å². The summed E-state index contributed by atoms with van der Waals surface area (Å²) in [7, 11) is -1.91. The molecule has 6 heteroatoms. The zero-order valence-corrected chi connectivity index (χ0v) is 12.9. The molecule has 0 atom stereocenters. The predicted molar refractivity (Wildman–Crippen MR) is 85.0 cm³/mol. The third-order valence-corrected chi connectivity index (χ3v) is 4.42. The lowest BCUT2D eigenvalue weighted by molar-refractivity contribution is 0.601. The van der Waals surface area contributed by atoms with Crippen LogP contribution >= 0.6 is 0 Å². The lowest BCUT2D eigenvalue weighted by Gasteiger charge is -2.09. The quantitative estimate of drug-likeness (QED) is 0.861. The Hall–Kier alpha value is -2.08. The number of nitrogens with one attached hydrogen (secondary N) is 2. The number of anilines is 2. The maximum atomic E-state index is 12.3. The minimum absolute atomic E-state index is 0.180. The molecule has 112 valence electrons. The van der Waals surface area contributed by atoms with Crippen LogP contribution in [0.4, 0.5) is 11.5 Å². The second-order valence-corrected chi connectivity index (χ2v) is 6.36. The van der Waals surface area contributed by atoms with Gasteiger partial charge in [-0.2, -0.15) is 0 Å². The first-order valence-corrected chi connectivity index (χ1v) is 8.29. The van der Waals surface area contributed by atoms with Gasteiger partial charge in [0.05, 0.1) is 4.90 Å². The fraction of sp³-hybridized carbons (Fsp3) is 0.267. The van der Waals surface area contributed by atoms with Gasteiger partial charge in [0.15, 0.2) is 0 Å². The summed E-state index contributed by atoms with van der Waals surface area (Å²) in [4.78, 5) is 4.19. The van der Waals surface area contributed by atoms with Gasteiger partial charge in [0.2, 0.25) is 0 Å². The molecule has 1 aromatic carbocycles. The van der Waals surface area contributed by atoms with E-state index in [1.165, 1.54) is 23.9 Å². The van der Waals surface area contributed by atoms with Gasteiger partial charge < -0.3 is 5.32 Å². The number of hydrogen-bond acceptors (Lipinski definition) is 4. The minimum Gasteiger partial charge on any atom is -0.373 e. The summed E-state index contributed by atoms with van der Waals surface area (Å²) in [6.07, 6.45) is 3.52. The first kappa shape index (κ1) is 15.3. The number of rotatable bonds is 6. The van der Waals surface area contributed by atoms with Crippen LogP contribution in [0.5, 0.6) is 0 Å². The van der Waals surface area contributed by atoms with Crippen LogP contribution in [0.25, 0.3) is 0 Å². The summed E-state index contributed by atoms with van der Waals surface area (Å²) in [5.41, 5.74) is 1.75. The van der Waals surface area contributed by atoms with E-state index in [1.54, 1.807) is 19.2 Å². The molecule has 0 bridgehead atoms. The van der Waals surface area contributed by atoms with E-state index >= 15 is 0 Å². The first-order valence-electron chi connectivity index (χ1n) is 6.80. The van der Waals surface area contributed by atoms with E-state index in [4.69, 9.17) is 0 Å². The van der Waals surface area contributed by atoms with Crippen LogP contribution < -0.4 is 10.0 Å². The fourth-order valence-corrected chi connectivity index (χ4v) is 3.03. The van der Waals surface area contributed by atoms with Crippen molar-refractivity contribution in [2.45, 2.75) is 24.7 Å². The molecule has 0 aliphatic rings. The van der Waals surface area contributed by atoms with Crippen molar-refractivity contribution in [3.05, 3.63) is 48.2 Å². The Morgan fingerprint density at radius 3 is 2.48 bits per heavy atom. The Bertz CT molecular complexity index is 697. The van der Waals surface area contributed by atoms with E-state index in [0.717, 1.165) is 12.8 Å². The van der Waals surface area contributed by atoms with Crippen LogP contribution in [0.15, 0.2) is 47.5 Å². The van der Waals surface area contributed by atoms with Crippen molar-refractivity contribution in [2.24, 2.45) is 0 Å². The Morgan fingerprint density at radius 1 is 1.14 bits per heavy atom. The highest BCUT2D eigenvalue weighted by atomic mass is 32.2. The van der Waals surface area contributed by atoms with E-state index in [9.17, 15) is 8.42 Å². The SMILES string of the molecule is CCCc1ccc(NS(=O)(=O)c2ccnc(NC)c2)cc1. The molecule has 2 rings (SSSR count). The van der Waals surface area contributed by atoms with Gasteiger partial charge in [-0.05, 0) is 30.2 Å². The fourth-order valence-electron chi connectivity index (χ4n) is 1.96. The Kier molecular flexibility index (Phi) is 4.80. The summed E-state index contributed by atoms with van der Waals surface area (Å²) in [5, 5.41) is 2.82. The maximum Gasteiger partial charge on any atom is 0.262 e. The molecule has 1 heterocycles. The monoisotopic (exact) mass is 305 g/mol. The van der Waals surface area contributed by atoms with Gasteiger partial charge in [-0.25, -0.2) is 13.4 Å². The van der Waals surface area contributed by atoms with Crippen LogP contribution in [0.1, 0.15) is 18.9 Å². The molecule has 5 nitrogen and oxygen atoms in total. The molecule has 0 radical (unpaired) electrons. The Labute approximate surface area is 125 Å². The van der Waals surface area contributed by atoms with Crippen molar-refractivity contribution >= 4 is 21.5 Å². The smallest absolute Gasteiger partial charge is 0.262 e. The van der Waals surface area contributed by atoms with Crippen molar-refractivity contribution in [3.63, 3.8) is 0 Å². The molecule has 0 saturated carbocycles. The summed E-state index contributed by atoms with van der Waals surface area (Å²) < 4.78 is 27.2. The van der Waals surface area contributed by atoms with Gasteiger partial charge in [-0.3, -0.25) is 4.72 Å². The van der Waals surface area contributed by atoms with E-state index < -0.39 is 10.0 Å². The van der Waals surface area contributed by atoms with Gasteiger partial charge in [0, 0.05) is 25.0 Å². The molecule has 2 N–H and O–H groups in total. The Balaban J connectivity index is 2.20. The summed E-state index contributed by atoms with van der Waals surface area (Å²) >= 11 is 0. The normalized spacial score (nSPS) is 11.1. The molecule has 21 heavy (non-hydrogen) atoms. The zero-order valence-electron chi connectivity index (χ0n) is 12.1. The minimum atomic E-state index is -3.60. The molecule has 1 aromatic heterocycles. The molecule has 0 fully saturated rings. The Morgan fingerprint density at radius 2 is 1.86 bits per heavy atom. The average Bonchev–Trinajstić information content (AvgIpc) is 2.49. The van der Waals surface area contributed by atoms with Crippen molar-refractivity contribution in [1.82, 2.24) is 4.98 Å². The van der Waals surface area contributed by atoms with Crippen molar-refractivity contribution < 1.29 is 8.42 Å². The molecule has 0 aliphatic carbocycles. The number of pyridine rings is 1. The zero-order chi connectivity index (χ0) is 15.3. The topological polar surface area (TPSA) is 71.1 Å². The predicted octanol–water partition coefficient (Wildman–Crippen LogP) is 2.88. The third kappa shape index (κ3) is 3.95. The van der Waals surface area contributed by atoms with E-state index in [1.807, 2.05) is 12.1 Å². The van der Waals surface area contributed by atoms with Crippen molar-refractivity contribution in [1.29, 1.82) is 0 Å². The van der Waals surface area contributed by atoms with E-state index in [0.29, 0.717) is 11.5 Å². The van der Waals surface area contributed by atoms with Crippen LogP contribution in [-0.2, 0) is 16.4 Å². The molecule has 0 spiro atoms. The highest BCUT2D eigenvalue weighted by molar-refractivity contribution is 7.92. The van der Waals surface area contributed by atoms with Crippen LogP contribution in [-0.4, -0.2) is 20.4 Å². The molecule has 0 saturated heterocycles. The number of nitrogens with zero attached hydrogens (tertiary/aromatic N) is 1. The van der Waals surface area contributed by atoms with Crippen LogP contribution in [0, 0.1) is 0 Å². The number of aryl methyl sites for hydroxylation is 1. The van der Waals surface area contributed by atoms with Gasteiger partial charge >= 0.3 is 0 Å².